The molecule has 26 heavy (non-hydrogen) atoms. The number of nitrogens with zero attached hydrogens (tertiary/aromatic N) is 2. The van der Waals surface area contributed by atoms with Crippen LogP contribution in [-0.2, 0) is 19.9 Å². The summed E-state index contributed by atoms with van der Waals surface area (Å²) in [5, 5.41) is 0.480. The molecule has 1 heterocycles. The number of rotatable bonds is 2. The number of methoxy groups -OCH3 is 1. The first-order valence-corrected chi connectivity index (χ1v) is 9.47. The number of carbonyl (C=O) groups is 1. The number of amides is 1. The predicted octanol–water partition coefficient (Wildman–Crippen LogP) is 4.26. The average Bonchev–Trinajstić information content (AvgIpc) is 2.97. The van der Waals surface area contributed by atoms with Crippen molar-refractivity contribution in [3.63, 3.8) is 0 Å². The van der Waals surface area contributed by atoms with Crippen molar-refractivity contribution >= 4 is 28.8 Å². The Morgan fingerprint density at radius 2 is 2.04 bits per heavy atom. The molecule has 1 aliphatic carbocycles. The Morgan fingerprint density at radius 1 is 1.23 bits per heavy atom. The quantitative estimate of drug-likeness (QED) is 0.662. The smallest absolute Gasteiger partial charge is 0.283 e. The van der Waals surface area contributed by atoms with Crippen LogP contribution in [0.5, 0.6) is 5.75 Å². The summed E-state index contributed by atoms with van der Waals surface area (Å²) < 4.78 is 7.28. The molecule has 1 aromatic heterocycles. The van der Waals surface area contributed by atoms with Crippen LogP contribution in [0, 0.1) is 0 Å². The standard InChI is InChI=1S/C20H17ClN2O2S/c1-23-18-14-6-4-3-5-12(14)7-10-17(18)26-20(23)22-19(24)15-11-13(21)8-9-16(15)25-2/h3-6,8-9,11H,7,10H2,1-2H3. The topological polar surface area (TPSA) is 43.6 Å². The van der Waals surface area contributed by atoms with Crippen LogP contribution < -0.4 is 9.54 Å². The van der Waals surface area contributed by atoms with Crippen LogP contribution in [0.25, 0.3) is 11.3 Å². The van der Waals surface area contributed by atoms with Gasteiger partial charge in [0.05, 0.1) is 18.4 Å². The molecule has 0 N–H and O–H groups in total. The van der Waals surface area contributed by atoms with E-state index in [-0.39, 0.29) is 5.91 Å². The zero-order valence-electron chi connectivity index (χ0n) is 14.5. The second-order valence-electron chi connectivity index (χ2n) is 6.13. The fraction of sp³-hybridized carbons (Fsp3) is 0.200. The number of carbonyl (C=O) groups excluding carboxylic acids is 1. The SMILES string of the molecule is COc1ccc(Cl)cc1C(=O)N=c1sc2c(n1C)-c1ccccc1CC2. The number of benzene rings is 2. The van der Waals surface area contributed by atoms with E-state index in [0.717, 1.165) is 18.5 Å². The van der Waals surface area contributed by atoms with Gasteiger partial charge in [0.2, 0.25) is 0 Å². The Hall–Kier alpha value is -2.37. The number of fused-ring (bicyclic) bond motifs is 3. The third kappa shape index (κ3) is 2.87. The maximum absolute atomic E-state index is 12.7. The summed E-state index contributed by atoms with van der Waals surface area (Å²) in [5.74, 6) is 0.115. The lowest BCUT2D eigenvalue weighted by molar-refractivity contribution is 0.0995. The molecule has 0 spiro atoms. The highest BCUT2D eigenvalue weighted by Crippen LogP contribution is 2.34. The first-order valence-electron chi connectivity index (χ1n) is 8.28. The number of aryl methyl sites for hydroxylation is 2. The van der Waals surface area contributed by atoms with Crippen LogP contribution in [0.2, 0.25) is 5.02 Å². The van der Waals surface area contributed by atoms with E-state index in [1.165, 1.54) is 23.1 Å². The van der Waals surface area contributed by atoms with Crippen LogP contribution in [-0.4, -0.2) is 17.6 Å². The molecule has 0 saturated carbocycles. The van der Waals surface area contributed by atoms with Gasteiger partial charge in [0.15, 0.2) is 4.80 Å². The van der Waals surface area contributed by atoms with Gasteiger partial charge in [0, 0.05) is 22.5 Å². The molecular weight excluding hydrogens is 368 g/mol. The van der Waals surface area contributed by atoms with Gasteiger partial charge >= 0.3 is 0 Å². The number of hydrogen-bond donors (Lipinski definition) is 0. The van der Waals surface area contributed by atoms with Gasteiger partial charge in [-0.15, -0.1) is 11.3 Å². The van der Waals surface area contributed by atoms with Crippen molar-refractivity contribution < 1.29 is 9.53 Å². The van der Waals surface area contributed by atoms with Gasteiger partial charge in [0.1, 0.15) is 5.75 Å². The molecule has 0 unspecified atom stereocenters. The Balaban J connectivity index is 1.83. The summed E-state index contributed by atoms with van der Waals surface area (Å²) in [6.45, 7) is 0. The van der Waals surface area contributed by atoms with Gasteiger partial charge in [-0.3, -0.25) is 4.79 Å². The number of thiazole rings is 1. The van der Waals surface area contributed by atoms with Crippen LogP contribution in [0.4, 0.5) is 0 Å². The van der Waals surface area contributed by atoms with Crippen molar-refractivity contribution in [2.75, 3.05) is 7.11 Å². The van der Waals surface area contributed by atoms with E-state index in [9.17, 15) is 4.79 Å². The minimum absolute atomic E-state index is 0.355. The third-order valence-corrected chi connectivity index (χ3v) is 6.01. The van der Waals surface area contributed by atoms with E-state index in [1.54, 1.807) is 29.5 Å². The van der Waals surface area contributed by atoms with Gasteiger partial charge in [-0.2, -0.15) is 4.99 Å². The molecule has 4 rings (SSSR count). The van der Waals surface area contributed by atoms with Gasteiger partial charge in [-0.05, 0) is 36.6 Å². The van der Waals surface area contributed by atoms with Crippen molar-refractivity contribution in [3.05, 3.63) is 68.3 Å². The molecule has 0 atom stereocenters. The van der Waals surface area contributed by atoms with Gasteiger partial charge in [-0.1, -0.05) is 35.9 Å². The highest BCUT2D eigenvalue weighted by Gasteiger charge is 2.21. The number of aromatic nitrogens is 1. The van der Waals surface area contributed by atoms with E-state index < -0.39 is 0 Å². The summed E-state index contributed by atoms with van der Waals surface area (Å²) in [6, 6.07) is 13.4. The lowest BCUT2D eigenvalue weighted by Crippen LogP contribution is -2.15. The van der Waals surface area contributed by atoms with Crippen molar-refractivity contribution in [1.29, 1.82) is 0 Å². The van der Waals surface area contributed by atoms with E-state index in [4.69, 9.17) is 16.3 Å². The molecule has 3 aromatic rings. The molecule has 2 aromatic carbocycles. The molecule has 6 heteroatoms. The molecule has 0 fully saturated rings. The van der Waals surface area contributed by atoms with Crippen LogP contribution in [0.15, 0.2) is 47.5 Å². The summed E-state index contributed by atoms with van der Waals surface area (Å²) in [4.78, 5) is 19.0. The maximum atomic E-state index is 12.7. The highest BCUT2D eigenvalue weighted by atomic mass is 35.5. The lowest BCUT2D eigenvalue weighted by atomic mass is 9.93. The molecular formula is C20H17ClN2O2S. The summed E-state index contributed by atoms with van der Waals surface area (Å²) in [5.41, 5.74) is 4.08. The molecule has 0 radical (unpaired) electrons. The molecule has 1 amide bonds. The van der Waals surface area contributed by atoms with Crippen molar-refractivity contribution in [2.24, 2.45) is 12.0 Å². The second kappa shape index (κ2) is 6.74. The Kier molecular flexibility index (Phi) is 4.42. The molecule has 0 saturated heterocycles. The van der Waals surface area contributed by atoms with Gasteiger partial charge < -0.3 is 9.30 Å². The number of ether oxygens (including phenoxy) is 1. The van der Waals surface area contributed by atoms with E-state index >= 15 is 0 Å². The Labute approximate surface area is 160 Å². The first-order chi connectivity index (χ1) is 12.6. The van der Waals surface area contributed by atoms with E-state index in [2.05, 4.69) is 23.2 Å². The molecule has 132 valence electrons. The highest BCUT2D eigenvalue weighted by molar-refractivity contribution is 7.09. The predicted molar refractivity (Wildman–Crippen MR) is 104 cm³/mol. The maximum Gasteiger partial charge on any atom is 0.283 e. The molecule has 0 aliphatic heterocycles. The zero-order valence-corrected chi connectivity index (χ0v) is 16.0. The number of hydrogen-bond acceptors (Lipinski definition) is 3. The molecule has 1 aliphatic rings. The fourth-order valence-electron chi connectivity index (χ4n) is 3.32. The summed E-state index contributed by atoms with van der Waals surface area (Å²) >= 11 is 7.61. The van der Waals surface area contributed by atoms with Crippen molar-refractivity contribution in [2.45, 2.75) is 12.8 Å². The first kappa shape index (κ1) is 17.1. The van der Waals surface area contributed by atoms with Crippen LogP contribution >= 0.6 is 22.9 Å². The van der Waals surface area contributed by atoms with Crippen molar-refractivity contribution in [3.8, 4) is 17.0 Å². The average molecular weight is 385 g/mol. The van der Waals surface area contributed by atoms with Crippen LogP contribution in [0.3, 0.4) is 0 Å². The molecule has 4 nitrogen and oxygen atoms in total. The van der Waals surface area contributed by atoms with Gasteiger partial charge in [-0.25, -0.2) is 0 Å². The minimum atomic E-state index is -0.355. The zero-order chi connectivity index (χ0) is 18.3. The lowest BCUT2D eigenvalue weighted by Gasteiger charge is -2.16. The fourth-order valence-corrected chi connectivity index (χ4v) is 4.62. The second-order valence-corrected chi connectivity index (χ2v) is 7.63. The van der Waals surface area contributed by atoms with E-state index in [1.807, 2.05) is 17.7 Å². The number of halogens is 1. The summed E-state index contributed by atoms with van der Waals surface area (Å²) in [6.07, 6.45) is 1.98. The van der Waals surface area contributed by atoms with Crippen LogP contribution in [0.1, 0.15) is 20.8 Å². The normalized spacial score (nSPS) is 13.3. The Bertz CT molecular complexity index is 1080. The largest absolute Gasteiger partial charge is 0.496 e. The Morgan fingerprint density at radius 3 is 2.85 bits per heavy atom. The van der Waals surface area contributed by atoms with Crippen molar-refractivity contribution in [1.82, 2.24) is 4.57 Å². The van der Waals surface area contributed by atoms with E-state index in [0.29, 0.717) is 21.1 Å². The monoisotopic (exact) mass is 384 g/mol. The van der Waals surface area contributed by atoms with Gasteiger partial charge in [0.25, 0.3) is 5.91 Å². The third-order valence-electron chi connectivity index (χ3n) is 4.58. The summed E-state index contributed by atoms with van der Waals surface area (Å²) in [7, 11) is 3.49. The molecule has 0 bridgehead atoms. The minimum Gasteiger partial charge on any atom is -0.496 e.